The van der Waals surface area contributed by atoms with Crippen LogP contribution in [0.3, 0.4) is 0 Å². The maximum atomic E-state index is 11.2. The zero-order valence-electron chi connectivity index (χ0n) is 13.8. The van der Waals surface area contributed by atoms with E-state index >= 15 is 0 Å². The highest BCUT2D eigenvalue weighted by atomic mass is 16.7. The van der Waals surface area contributed by atoms with E-state index in [4.69, 9.17) is 14.2 Å². The zero-order valence-corrected chi connectivity index (χ0v) is 13.8. The highest BCUT2D eigenvalue weighted by molar-refractivity contribution is 5.22. The van der Waals surface area contributed by atoms with Crippen LogP contribution in [-0.2, 0) is 14.2 Å². The zero-order chi connectivity index (χ0) is 15.8. The third-order valence-electron chi connectivity index (χ3n) is 7.38. The number of ether oxygens (including phenoxy) is 3. The van der Waals surface area contributed by atoms with Crippen LogP contribution in [0.4, 0.5) is 0 Å². The first-order chi connectivity index (χ1) is 10.3. The Hall–Kier alpha value is -0.200. The molecule has 0 unspecified atom stereocenters. The van der Waals surface area contributed by atoms with Crippen LogP contribution in [0.5, 0.6) is 0 Å². The molecule has 22 heavy (non-hydrogen) atoms. The number of aliphatic hydroxyl groups excluding tert-OH is 2. The summed E-state index contributed by atoms with van der Waals surface area (Å²) in [5, 5.41) is 21.1. The summed E-state index contributed by atoms with van der Waals surface area (Å²) in [6.07, 6.45) is 3.11. The first-order valence-electron chi connectivity index (χ1n) is 8.61. The summed E-state index contributed by atoms with van der Waals surface area (Å²) in [6.45, 7) is 7.41. The van der Waals surface area contributed by atoms with E-state index in [0.717, 1.165) is 25.7 Å². The summed E-state index contributed by atoms with van der Waals surface area (Å²) in [7, 11) is 0. The van der Waals surface area contributed by atoms with Gasteiger partial charge in [-0.2, -0.15) is 0 Å². The third kappa shape index (κ3) is 1.52. The molecule has 5 heteroatoms. The Bertz CT molecular complexity index is 476. The summed E-state index contributed by atoms with van der Waals surface area (Å²) in [4.78, 5) is 0. The molecular formula is C17H28O5. The van der Waals surface area contributed by atoms with Gasteiger partial charge in [0.05, 0.1) is 31.5 Å². The molecule has 2 aliphatic heterocycles. The van der Waals surface area contributed by atoms with Crippen molar-refractivity contribution in [1.29, 1.82) is 0 Å². The molecule has 2 N–H and O–H groups in total. The predicted molar refractivity (Wildman–Crippen MR) is 79.2 cm³/mol. The Balaban J connectivity index is 1.83. The van der Waals surface area contributed by atoms with Crippen molar-refractivity contribution in [2.45, 2.75) is 69.5 Å². The summed E-state index contributed by atoms with van der Waals surface area (Å²) in [5.41, 5.74) is -1.48. The monoisotopic (exact) mass is 312 g/mol. The number of aliphatic hydroxyl groups is 2. The van der Waals surface area contributed by atoms with Crippen LogP contribution in [0.2, 0.25) is 0 Å². The Labute approximate surface area is 131 Å². The minimum absolute atomic E-state index is 0.0235. The van der Waals surface area contributed by atoms with Gasteiger partial charge in [-0.25, -0.2) is 0 Å². The van der Waals surface area contributed by atoms with E-state index in [-0.39, 0.29) is 23.9 Å². The number of fused-ring (bicyclic) bond motifs is 1. The van der Waals surface area contributed by atoms with Crippen LogP contribution in [0.15, 0.2) is 0 Å². The van der Waals surface area contributed by atoms with Crippen LogP contribution in [-0.4, -0.2) is 53.1 Å². The average Bonchev–Trinajstić information content (AvgIpc) is 3.02. The lowest BCUT2D eigenvalue weighted by Gasteiger charge is -2.61. The number of hydrogen-bond acceptors (Lipinski definition) is 5. The van der Waals surface area contributed by atoms with Crippen LogP contribution in [0.1, 0.15) is 46.5 Å². The normalized spacial score (nSPS) is 56.3. The minimum atomic E-state index is -0.698. The van der Waals surface area contributed by atoms with Crippen molar-refractivity contribution in [3.8, 4) is 0 Å². The molecule has 0 radical (unpaired) electrons. The summed E-state index contributed by atoms with van der Waals surface area (Å²) >= 11 is 0. The van der Waals surface area contributed by atoms with Gasteiger partial charge in [-0.05, 0) is 31.6 Å². The second kappa shape index (κ2) is 4.45. The smallest absolute Gasteiger partial charge is 0.173 e. The Kier molecular flexibility index (Phi) is 3.10. The van der Waals surface area contributed by atoms with Gasteiger partial charge in [0.2, 0.25) is 0 Å². The summed E-state index contributed by atoms with van der Waals surface area (Å²) < 4.78 is 18.6. The Morgan fingerprint density at radius 2 is 1.77 bits per heavy atom. The van der Waals surface area contributed by atoms with Crippen molar-refractivity contribution >= 4 is 0 Å². The van der Waals surface area contributed by atoms with Crippen LogP contribution in [0, 0.1) is 17.3 Å². The Morgan fingerprint density at radius 1 is 1.09 bits per heavy atom. The summed E-state index contributed by atoms with van der Waals surface area (Å²) in [5.74, 6) is -0.722. The molecule has 0 aromatic rings. The van der Waals surface area contributed by atoms with E-state index < -0.39 is 23.1 Å². The van der Waals surface area contributed by atoms with Crippen molar-refractivity contribution in [2.24, 2.45) is 17.3 Å². The van der Waals surface area contributed by atoms with Crippen molar-refractivity contribution in [3.05, 3.63) is 0 Å². The van der Waals surface area contributed by atoms with Crippen molar-refractivity contribution in [2.75, 3.05) is 19.8 Å². The average molecular weight is 312 g/mol. The van der Waals surface area contributed by atoms with Crippen LogP contribution < -0.4 is 0 Å². The van der Waals surface area contributed by atoms with Gasteiger partial charge in [0.15, 0.2) is 5.79 Å². The second-order valence-electron chi connectivity index (χ2n) is 8.25. The van der Waals surface area contributed by atoms with Crippen molar-refractivity contribution in [3.63, 3.8) is 0 Å². The van der Waals surface area contributed by atoms with E-state index in [9.17, 15) is 10.2 Å². The molecule has 6 atom stereocenters. The molecule has 4 rings (SSSR count). The number of hydrogen-bond donors (Lipinski definition) is 2. The highest BCUT2D eigenvalue weighted by Crippen LogP contribution is 2.68. The molecule has 0 aromatic carbocycles. The molecule has 2 saturated carbocycles. The predicted octanol–water partition coefficient (Wildman–Crippen LogP) is 1.46. The van der Waals surface area contributed by atoms with Gasteiger partial charge in [0.1, 0.15) is 5.60 Å². The largest absolute Gasteiger partial charge is 0.393 e. The maximum absolute atomic E-state index is 11.2. The molecule has 4 fully saturated rings. The van der Waals surface area contributed by atoms with Gasteiger partial charge in [-0.1, -0.05) is 13.8 Å². The third-order valence-corrected chi connectivity index (χ3v) is 7.38. The van der Waals surface area contributed by atoms with E-state index in [0.29, 0.717) is 13.2 Å². The molecule has 126 valence electrons. The molecule has 2 bridgehead atoms. The summed E-state index contributed by atoms with van der Waals surface area (Å²) in [6, 6.07) is 0. The van der Waals surface area contributed by atoms with E-state index in [1.807, 2.05) is 6.92 Å². The van der Waals surface area contributed by atoms with E-state index in [1.54, 1.807) is 0 Å². The van der Waals surface area contributed by atoms with Gasteiger partial charge in [-0.3, -0.25) is 0 Å². The minimum Gasteiger partial charge on any atom is -0.393 e. The topological polar surface area (TPSA) is 68.2 Å². The van der Waals surface area contributed by atoms with Crippen LogP contribution >= 0.6 is 0 Å². The first kappa shape index (κ1) is 15.3. The fourth-order valence-electron chi connectivity index (χ4n) is 5.96. The van der Waals surface area contributed by atoms with Crippen molar-refractivity contribution in [1.82, 2.24) is 0 Å². The van der Waals surface area contributed by atoms with Gasteiger partial charge < -0.3 is 24.4 Å². The molecule has 2 saturated heterocycles. The van der Waals surface area contributed by atoms with Gasteiger partial charge >= 0.3 is 0 Å². The molecule has 0 amide bonds. The van der Waals surface area contributed by atoms with E-state index in [2.05, 4.69) is 13.8 Å². The fraction of sp³-hybridized carbons (Fsp3) is 1.00. The van der Waals surface area contributed by atoms with Crippen LogP contribution in [0.25, 0.3) is 0 Å². The van der Waals surface area contributed by atoms with E-state index in [1.165, 1.54) is 0 Å². The molecule has 2 heterocycles. The van der Waals surface area contributed by atoms with Crippen molar-refractivity contribution < 1.29 is 24.4 Å². The van der Waals surface area contributed by atoms with Gasteiger partial charge in [0.25, 0.3) is 0 Å². The molecular weight excluding hydrogens is 284 g/mol. The SMILES string of the molecule is C[C@H]1C2(CC[C@]3(C)CC[C@@H]4[C@H](O)[C@@]13O[C@]4(C)CO)OCCO2. The maximum Gasteiger partial charge on any atom is 0.173 e. The quantitative estimate of drug-likeness (QED) is 0.767. The first-order valence-corrected chi connectivity index (χ1v) is 8.61. The lowest BCUT2D eigenvalue weighted by atomic mass is 9.50. The van der Waals surface area contributed by atoms with Gasteiger partial charge in [0, 0.05) is 18.3 Å². The molecule has 4 aliphatic rings. The standard InChI is InChI=1S/C17H28O5/c1-11-16(20-8-9-21-16)7-6-14(2)5-4-12-13(19)17(11,14)22-15(12,3)10-18/h11-13,18-19H,4-10H2,1-3H3/t11-,12+,13-,14-,15+,17-/m0/s1. The molecule has 2 spiro atoms. The number of rotatable bonds is 1. The lowest BCUT2D eigenvalue weighted by Crippen LogP contribution is -2.69. The molecule has 2 aliphatic carbocycles. The Morgan fingerprint density at radius 3 is 2.41 bits per heavy atom. The lowest BCUT2D eigenvalue weighted by molar-refractivity contribution is -0.322. The molecule has 5 nitrogen and oxygen atoms in total. The van der Waals surface area contributed by atoms with Gasteiger partial charge in [-0.15, -0.1) is 0 Å². The highest BCUT2D eigenvalue weighted by Gasteiger charge is 2.76. The second-order valence-corrected chi connectivity index (χ2v) is 8.25. The fourth-order valence-corrected chi connectivity index (χ4v) is 5.96. The molecule has 0 aromatic heterocycles.